The van der Waals surface area contributed by atoms with Crippen LogP contribution in [0, 0.1) is 6.92 Å². The monoisotopic (exact) mass is 450 g/mol. The number of carbonyl (C=O) groups is 1. The van der Waals surface area contributed by atoms with Crippen LogP contribution in [0.2, 0.25) is 5.02 Å². The van der Waals surface area contributed by atoms with Gasteiger partial charge >= 0.3 is 0 Å². The highest BCUT2D eigenvalue weighted by Gasteiger charge is 2.33. The summed E-state index contributed by atoms with van der Waals surface area (Å²) in [6, 6.07) is 4.92. The number of fused-ring (bicyclic) bond motifs is 2. The topological polar surface area (TPSA) is 113 Å². The summed E-state index contributed by atoms with van der Waals surface area (Å²) in [4.78, 5) is 16.2. The molecule has 3 aromatic rings. The number of aromatic amines is 1. The number of rotatable bonds is 5. The van der Waals surface area contributed by atoms with Gasteiger partial charge in [0.15, 0.2) is 0 Å². The fourth-order valence-electron chi connectivity index (χ4n) is 3.88. The van der Waals surface area contributed by atoms with Crippen molar-refractivity contribution in [1.29, 1.82) is 0 Å². The van der Waals surface area contributed by atoms with Gasteiger partial charge in [0.25, 0.3) is 0 Å². The van der Waals surface area contributed by atoms with E-state index in [4.69, 9.17) is 11.6 Å². The van der Waals surface area contributed by atoms with Gasteiger partial charge in [0, 0.05) is 48.2 Å². The van der Waals surface area contributed by atoms with Crippen LogP contribution in [0.4, 0.5) is 0 Å². The number of hydrogen-bond acceptors (Lipinski definition) is 5. The Morgan fingerprint density at radius 3 is 2.93 bits per heavy atom. The van der Waals surface area contributed by atoms with Gasteiger partial charge < -0.3 is 14.9 Å². The molecule has 1 amide bonds. The van der Waals surface area contributed by atoms with E-state index in [9.17, 15) is 13.2 Å². The molecule has 1 atom stereocenters. The van der Waals surface area contributed by atoms with Crippen LogP contribution in [0.3, 0.4) is 0 Å². The van der Waals surface area contributed by atoms with Crippen LogP contribution < -0.4 is 5.32 Å². The average molecular weight is 451 g/mol. The van der Waals surface area contributed by atoms with Crippen molar-refractivity contribution in [3.05, 3.63) is 46.6 Å². The first-order chi connectivity index (χ1) is 14.2. The van der Waals surface area contributed by atoms with Gasteiger partial charge in [0.05, 0.1) is 6.26 Å². The molecule has 1 aromatic carbocycles. The first-order valence-corrected chi connectivity index (χ1v) is 11.9. The molecule has 0 saturated heterocycles. The van der Waals surface area contributed by atoms with Crippen molar-refractivity contribution in [3.63, 3.8) is 0 Å². The minimum atomic E-state index is -3.43. The summed E-state index contributed by atoms with van der Waals surface area (Å²) in [6.07, 6.45) is 4.09. The highest BCUT2D eigenvalue weighted by atomic mass is 35.5. The molecule has 0 spiro atoms. The van der Waals surface area contributed by atoms with E-state index < -0.39 is 16.1 Å². The molecule has 1 unspecified atom stereocenters. The first kappa shape index (κ1) is 20.8. The first-order valence-electron chi connectivity index (χ1n) is 9.63. The van der Waals surface area contributed by atoms with Crippen molar-refractivity contribution >= 4 is 38.4 Å². The molecule has 2 N–H and O–H groups in total. The second-order valence-corrected chi connectivity index (χ2v) is 9.88. The summed E-state index contributed by atoms with van der Waals surface area (Å²) in [5.41, 5.74) is 2.03. The van der Waals surface area contributed by atoms with Crippen LogP contribution in [0.15, 0.2) is 24.4 Å². The molecule has 0 aliphatic carbocycles. The maximum absolute atomic E-state index is 13.0. The molecule has 3 heterocycles. The quantitative estimate of drug-likeness (QED) is 0.610. The van der Waals surface area contributed by atoms with E-state index in [0.717, 1.165) is 22.7 Å². The minimum absolute atomic E-state index is 0.0548. The van der Waals surface area contributed by atoms with Gasteiger partial charge in [0.1, 0.15) is 17.7 Å². The molecular weight excluding hydrogens is 428 g/mol. The molecule has 0 fully saturated rings. The van der Waals surface area contributed by atoms with Crippen molar-refractivity contribution in [2.24, 2.45) is 0 Å². The van der Waals surface area contributed by atoms with Crippen molar-refractivity contribution in [2.75, 3.05) is 25.9 Å². The zero-order valence-electron chi connectivity index (χ0n) is 16.7. The number of carbonyl (C=O) groups excluding carboxylic acids is 1. The smallest absolute Gasteiger partial charge is 0.244 e. The number of nitrogens with zero attached hydrogens (tertiary/aromatic N) is 4. The Bertz CT molecular complexity index is 1200. The normalized spacial score (nSPS) is 17.6. The highest BCUT2D eigenvalue weighted by Crippen LogP contribution is 2.23. The van der Waals surface area contributed by atoms with E-state index in [-0.39, 0.29) is 19.0 Å². The molecule has 0 bridgehead atoms. The molecule has 0 saturated carbocycles. The van der Waals surface area contributed by atoms with Crippen molar-refractivity contribution in [2.45, 2.75) is 25.8 Å². The Hall–Kier alpha value is -2.43. The van der Waals surface area contributed by atoms with Crippen LogP contribution in [0.1, 0.15) is 23.3 Å². The van der Waals surface area contributed by atoms with Crippen molar-refractivity contribution < 1.29 is 13.2 Å². The lowest BCUT2D eigenvalue weighted by Crippen LogP contribution is -2.42. The minimum Gasteiger partial charge on any atom is -0.361 e. The lowest BCUT2D eigenvalue weighted by Gasteiger charge is -2.23. The van der Waals surface area contributed by atoms with E-state index >= 15 is 0 Å². The fourth-order valence-corrected chi connectivity index (χ4v) is 4.88. The second-order valence-electron chi connectivity index (χ2n) is 7.47. The lowest BCUT2D eigenvalue weighted by atomic mass is 10.1. The Labute approximate surface area is 179 Å². The van der Waals surface area contributed by atoms with E-state index in [2.05, 4.69) is 20.5 Å². The Morgan fingerprint density at radius 1 is 1.37 bits per heavy atom. The number of benzene rings is 1. The van der Waals surface area contributed by atoms with Crippen LogP contribution in [0.5, 0.6) is 0 Å². The van der Waals surface area contributed by atoms with Gasteiger partial charge in [-0.25, -0.2) is 8.42 Å². The van der Waals surface area contributed by atoms with Gasteiger partial charge in [-0.1, -0.05) is 11.6 Å². The van der Waals surface area contributed by atoms with Crippen LogP contribution in [-0.4, -0.2) is 64.3 Å². The number of amides is 1. The van der Waals surface area contributed by atoms with E-state index in [1.165, 1.54) is 4.31 Å². The number of aromatic nitrogens is 4. The number of sulfonamides is 1. The Kier molecular flexibility index (Phi) is 5.56. The third kappa shape index (κ3) is 4.07. The number of hydrogen-bond donors (Lipinski definition) is 2. The summed E-state index contributed by atoms with van der Waals surface area (Å²) in [6.45, 7) is 2.50. The maximum atomic E-state index is 13.0. The molecule has 2 aromatic heterocycles. The van der Waals surface area contributed by atoms with E-state index in [1.54, 1.807) is 11.5 Å². The molecule has 9 nitrogen and oxygen atoms in total. The van der Waals surface area contributed by atoms with Crippen molar-refractivity contribution in [3.8, 4) is 0 Å². The van der Waals surface area contributed by atoms with E-state index in [1.807, 2.05) is 24.4 Å². The SMILES string of the molecule is Cc1nnc2n1C(C(=O)NCCc1c[nH]c3ccc(Cl)cc13)CN(S(C)(=O)=O)CC2. The Morgan fingerprint density at radius 2 is 2.17 bits per heavy atom. The van der Waals surface area contributed by atoms with Crippen LogP contribution in [-0.2, 0) is 27.7 Å². The second kappa shape index (κ2) is 8.01. The van der Waals surface area contributed by atoms with Gasteiger partial charge in [-0.15, -0.1) is 10.2 Å². The van der Waals surface area contributed by atoms with Gasteiger partial charge in [-0.2, -0.15) is 4.31 Å². The van der Waals surface area contributed by atoms with Gasteiger partial charge in [-0.3, -0.25) is 4.79 Å². The molecule has 1 aliphatic rings. The van der Waals surface area contributed by atoms with Crippen LogP contribution in [0.25, 0.3) is 10.9 Å². The lowest BCUT2D eigenvalue weighted by molar-refractivity contribution is -0.124. The summed E-state index contributed by atoms with van der Waals surface area (Å²) in [5.74, 6) is 0.949. The standard InChI is InChI=1S/C19H23ClN6O3S/c1-12-23-24-18-6-8-25(30(2,28)29)11-17(26(12)18)19(27)21-7-5-13-10-22-16-4-3-14(20)9-15(13)16/h3-4,9-10,17,22H,5-8,11H2,1-2H3,(H,21,27). The third-order valence-electron chi connectivity index (χ3n) is 5.40. The predicted molar refractivity (Wildman–Crippen MR) is 114 cm³/mol. The molecule has 11 heteroatoms. The molecule has 0 radical (unpaired) electrons. The molecule has 30 heavy (non-hydrogen) atoms. The summed E-state index contributed by atoms with van der Waals surface area (Å²) in [7, 11) is -3.43. The number of halogens is 1. The summed E-state index contributed by atoms with van der Waals surface area (Å²) < 4.78 is 27.3. The van der Waals surface area contributed by atoms with Gasteiger partial charge in [0.2, 0.25) is 15.9 Å². The third-order valence-corrected chi connectivity index (χ3v) is 6.91. The average Bonchev–Trinajstić information content (AvgIpc) is 3.17. The number of nitrogens with one attached hydrogen (secondary N) is 2. The summed E-state index contributed by atoms with van der Waals surface area (Å²) in [5, 5.41) is 12.8. The molecule has 1 aliphatic heterocycles. The zero-order valence-corrected chi connectivity index (χ0v) is 18.3. The van der Waals surface area contributed by atoms with E-state index in [0.29, 0.717) is 36.1 Å². The van der Waals surface area contributed by atoms with Crippen LogP contribution >= 0.6 is 11.6 Å². The summed E-state index contributed by atoms with van der Waals surface area (Å²) >= 11 is 6.10. The molecular formula is C19H23ClN6O3S. The number of aryl methyl sites for hydroxylation is 1. The Balaban J connectivity index is 1.50. The molecule has 4 rings (SSSR count). The fraction of sp³-hybridized carbons (Fsp3) is 0.421. The molecule has 160 valence electrons. The number of H-pyrrole nitrogens is 1. The maximum Gasteiger partial charge on any atom is 0.244 e. The largest absolute Gasteiger partial charge is 0.361 e. The highest BCUT2D eigenvalue weighted by molar-refractivity contribution is 7.88. The van der Waals surface area contributed by atoms with Crippen molar-refractivity contribution in [1.82, 2.24) is 29.4 Å². The van der Waals surface area contributed by atoms with Gasteiger partial charge in [-0.05, 0) is 37.1 Å². The predicted octanol–water partition coefficient (Wildman–Crippen LogP) is 1.44. The zero-order chi connectivity index (χ0) is 21.5.